The maximum absolute atomic E-state index is 13.3. The first-order chi connectivity index (χ1) is 7.44. The van der Waals surface area contributed by atoms with Gasteiger partial charge in [0.25, 0.3) is 0 Å². The molecule has 3 N–H and O–H groups in total. The molecule has 1 aromatic rings. The van der Waals surface area contributed by atoms with Crippen LogP contribution in [0.1, 0.15) is 18.0 Å². The summed E-state index contributed by atoms with van der Waals surface area (Å²) in [5.41, 5.74) is 2.72. The molecule has 1 unspecified atom stereocenters. The van der Waals surface area contributed by atoms with Crippen LogP contribution in [0.15, 0.2) is 18.5 Å². The molecule has 0 fully saturated rings. The lowest BCUT2D eigenvalue weighted by Gasteiger charge is -2.15. The van der Waals surface area contributed by atoms with Gasteiger partial charge in [0.2, 0.25) is 0 Å². The number of halogens is 1. The van der Waals surface area contributed by atoms with E-state index >= 15 is 0 Å². The molecule has 0 spiro atoms. The van der Waals surface area contributed by atoms with E-state index in [-0.39, 0.29) is 12.2 Å². The Bertz CT molecular complexity index is 450. The molecule has 0 bridgehead atoms. The standard InChI is InChI=1S/C9H14FN3O2S/c1-16(14,15)5-3-9(13-11)7-2-4-12-6-8(7)10/h2,4,6,9,13H,3,5,11H2,1H3. The molecule has 0 saturated carbocycles. The molecule has 5 nitrogen and oxygen atoms in total. The Balaban J connectivity index is 2.79. The molecule has 90 valence electrons. The zero-order chi connectivity index (χ0) is 12.2. The second-order valence-electron chi connectivity index (χ2n) is 3.53. The summed E-state index contributed by atoms with van der Waals surface area (Å²) in [5.74, 6) is 4.72. The van der Waals surface area contributed by atoms with Crippen LogP contribution in [0.25, 0.3) is 0 Å². The molecule has 1 atom stereocenters. The van der Waals surface area contributed by atoms with Crippen LogP contribution in [0.3, 0.4) is 0 Å². The third kappa shape index (κ3) is 3.84. The van der Waals surface area contributed by atoms with E-state index in [0.29, 0.717) is 5.56 Å². The highest BCUT2D eigenvalue weighted by molar-refractivity contribution is 7.90. The fourth-order valence-corrected chi connectivity index (χ4v) is 1.99. The van der Waals surface area contributed by atoms with Crippen molar-refractivity contribution in [2.45, 2.75) is 12.5 Å². The Hall–Kier alpha value is -1.05. The van der Waals surface area contributed by atoms with Crippen LogP contribution >= 0.6 is 0 Å². The minimum atomic E-state index is -3.08. The number of aromatic nitrogens is 1. The van der Waals surface area contributed by atoms with Crippen LogP contribution in [-0.2, 0) is 9.84 Å². The van der Waals surface area contributed by atoms with Gasteiger partial charge in [0, 0.05) is 24.1 Å². The van der Waals surface area contributed by atoms with E-state index in [1.807, 2.05) is 0 Å². The zero-order valence-corrected chi connectivity index (χ0v) is 9.67. The van der Waals surface area contributed by atoms with Gasteiger partial charge >= 0.3 is 0 Å². The average Bonchev–Trinajstić information content (AvgIpc) is 2.20. The first kappa shape index (κ1) is 13.0. The van der Waals surface area contributed by atoms with Gasteiger partial charge in [-0.1, -0.05) is 0 Å². The summed E-state index contributed by atoms with van der Waals surface area (Å²) < 4.78 is 35.3. The number of sulfone groups is 1. The van der Waals surface area contributed by atoms with Crippen LogP contribution in [-0.4, -0.2) is 25.4 Å². The molecule has 1 rings (SSSR count). The van der Waals surface area contributed by atoms with E-state index in [2.05, 4.69) is 10.4 Å². The number of pyridine rings is 1. The van der Waals surface area contributed by atoms with Crippen molar-refractivity contribution < 1.29 is 12.8 Å². The van der Waals surface area contributed by atoms with Gasteiger partial charge in [0.1, 0.15) is 15.7 Å². The highest BCUT2D eigenvalue weighted by Crippen LogP contribution is 2.18. The maximum atomic E-state index is 13.3. The topological polar surface area (TPSA) is 85.1 Å². The van der Waals surface area contributed by atoms with Crippen LogP contribution in [0.2, 0.25) is 0 Å². The van der Waals surface area contributed by atoms with E-state index in [9.17, 15) is 12.8 Å². The number of rotatable bonds is 5. The van der Waals surface area contributed by atoms with Crippen molar-refractivity contribution in [2.24, 2.45) is 5.84 Å². The van der Waals surface area contributed by atoms with Crippen LogP contribution in [0, 0.1) is 5.82 Å². The smallest absolute Gasteiger partial charge is 0.147 e. The number of hydrogen-bond acceptors (Lipinski definition) is 5. The van der Waals surface area contributed by atoms with Crippen LogP contribution < -0.4 is 11.3 Å². The number of nitrogens with zero attached hydrogens (tertiary/aromatic N) is 1. The largest absolute Gasteiger partial charge is 0.271 e. The molecule has 1 heterocycles. The molecule has 16 heavy (non-hydrogen) atoms. The lowest BCUT2D eigenvalue weighted by Crippen LogP contribution is -2.30. The zero-order valence-electron chi connectivity index (χ0n) is 8.85. The quantitative estimate of drug-likeness (QED) is 0.572. The van der Waals surface area contributed by atoms with Crippen molar-refractivity contribution in [1.29, 1.82) is 0 Å². The lowest BCUT2D eigenvalue weighted by atomic mass is 10.1. The van der Waals surface area contributed by atoms with E-state index < -0.39 is 21.7 Å². The maximum Gasteiger partial charge on any atom is 0.147 e. The van der Waals surface area contributed by atoms with Crippen molar-refractivity contribution in [3.8, 4) is 0 Å². The lowest BCUT2D eigenvalue weighted by molar-refractivity contribution is 0.496. The van der Waals surface area contributed by atoms with Gasteiger partial charge in [-0.15, -0.1) is 0 Å². The van der Waals surface area contributed by atoms with Crippen LogP contribution in [0.5, 0.6) is 0 Å². The van der Waals surface area contributed by atoms with Crippen LogP contribution in [0.4, 0.5) is 4.39 Å². The third-order valence-electron chi connectivity index (χ3n) is 2.16. The Labute approximate surface area is 93.8 Å². The van der Waals surface area contributed by atoms with Crippen molar-refractivity contribution in [1.82, 2.24) is 10.4 Å². The minimum Gasteiger partial charge on any atom is -0.271 e. The Morgan fingerprint density at radius 3 is 2.81 bits per heavy atom. The number of hydrogen-bond donors (Lipinski definition) is 2. The second kappa shape index (κ2) is 5.33. The summed E-state index contributed by atoms with van der Waals surface area (Å²) in [7, 11) is -3.08. The average molecular weight is 247 g/mol. The highest BCUT2D eigenvalue weighted by atomic mass is 32.2. The van der Waals surface area contributed by atoms with E-state index in [1.165, 1.54) is 12.3 Å². The molecule has 0 amide bonds. The summed E-state index contributed by atoms with van der Waals surface area (Å²) in [4.78, 5) is 3.61. The molecule has 1 aromatic heterocycles. The molecule has 0 radical (unpaired) electrons. The fourth-order valence-electron chi connectivity index (χ4n) is 1.33. The second-order valence-corrected chi connectivity index (χ2v) is 5.79. The molecule has 0 aliphatic carbocycles. The van der Waals surface area contributed by atoms with Gasteiger partial charge < -0.3 is 0 Å². The summed E-state index contributed by atoms with van der Waals surface area (Å²) >= 11 is 0. The Kier molecular flexibility index (Phi) is 4.34. The number of hydrazine groups is 1. The molecular formula is C9H14FN3O2S. The SMILES string of the molecule is CS(=O)(=O)CCC(NN)c1ccncc1F. The van der Waals surface area contributed by atoms with E-state index in [4.69, 9.17) is 5.84 Å². The summed E-state index contributed by atoms with van der Waals surface area (Å²) in [6, 6.07) is 0.944. The molecule has 0 aliphatic rings. The predicted octanol–water partition coefficient (Wildman–Crippen LogP) is 0.160. The molecule has 0 saturated heterocycles. The van der Waals surface area contributed by atoms with Gasteiger partial charge in [-0.3, -0.25) is 16.3 Å². The summed E-state index contributed by atoms with van der Waals surface area (Å²) in [6.45, 7) is 0. The molecule has 7 heteroatoms. The van der Waals surface area contributed by atoms with Crippen molar-refractivity contribution in [3.05, 3.63) is 29.8 Å². The monoisotopic (exact) mass is 247 g/mol. The molecule has 0 aromatic carbocycles. The van der Waals surface area contributed by atoms with Gasteiger partial charge in [0.15, 0.2) is 0 Å². The number of nitrogens with two attached hydrogens (primary N) is 1. The van der Waals surface area contributed by atoms with Crippen molar-refractivity contribution in [3.63, 3.8) is 0 Å². The fraction of sp³-hybridized carbons (Fsp3) is 0.444. The molecule has 0 aliphatic heterocycles. The molecular weight excluding hydrogens is 233 g/mol. The van der Waals surface area contributed by atoms with E-state index in [1.54, 1.807) is 0 Å². The third-order valence-corrected chi connectivity index (χ3v) is 3.14. The van der Waals surface area contributed by atoms with Crippen molar-refractivity contribution in [2.75, 3.05) is 12.0 Å². The minimum absolute atomic E-state index is 0.0520. The summed E-state index contributed by atoms with van der Waals surface area (Å²) in [6.07, 6.45) is 3.85. The van der Waals surface area contributed by atoms with Gasteiger partial charge in [-0.05, 0) is 12.5 Å². The first-order valence-corrected chi connectivity index (χ1v) is 6.73. The van der Waals surface area contributed by atoms with E-state index in [0.717, 1.165) is 12.5 Å². The Morgan fingerprint density at radius 1 is 1.62 bits per heavy atom. The Morgan fingerprint density at radius 2 is 2.31 bits per heavy atom. The highest BCUT2D eigenvalue weighted by Gasteiger charge is 2.16. The summed E-state index contributed by atoms with van der Waals surface area (Å²) in [5, 5.41) is 0. The van der Waals surface area contributed by atoms with Gasteiger partial charge in [-0.2, -0.15) is 0 Å². The van der Waals surface area contributed by atoms with Gasteiger partial charge in [-0.25, -0.2) is 12.8 Å². The predicted molar refractivity (Wildman–Crippen MR) is 58.6 cm³/mol. The first-order valence-electron chi connectivity index (χ1n) is 4.67. The van der Waals surface area contributed by atoms with Crippen molar-refractivity contribution >= 4 is 9.84 Å². The van der Waals surface area contributed by atoms with Gasteiger partial charge in [0.05, 0.1) is 11.9 Å². The normalized spacial score (nSPS) is 13.7. The number of nitrogens with one attached hydrogen (secondary N) is 1.